The Morgan fingerprint density at radius 1 is 1.19 bits per heavy atom. The first-order chi connectivity index (χ1) is 14.7. The minimum absolute atomic E-state index is 0. The fourth-order valence-corrected chi connectivity index (χ4v) is 3.74. The van der Waals surface area contributed by atoms with E-state index in [2.05, 4.69) is 43.3 Å². The van der Waals surface area contributed by atoms with Crippen LogP contribution in [0.15, 0.2) is 52.1 Å². The van der Waals surface area contributed by atoms with E-state index in [0.717, 1.165) is 55.2 Å². The van der Waals surface area contributed by atoms with Crippen LogP contribution in [-0.2, 0) is 6.42 Å². The highest BCUT2D eigenvalue weighted by Gasteiger charge is 2.21. The Bertz CT molecular complexity index is 968. The summed E-state index contributed by atoms with van der Waals surface area (Å²) < 4.78 is 5.33. The van der Waals surface area contributed by atoms with Crippen LogP contribution in [0.5, 0.6) is 0 Å². The van der Waals surface area contributed by atoms with Crippen molar-refractivity contribution in [2.45, 2.75) is 13.3 Å². The van der Waals surface area contributed by atoms with Crippen LogP contribution in [0, 0.1) is 0 Å². The lowest BCUT2D eigenvalue weighted by atomic mass is 10.2. The Balaban J connectivity index is 0.00000272. The van der Waals surface area contributed by atoms with Gasteiger partial charge in [0.2, 0.25) is 5.82 Å². The van der Waals surface area contributed by atoms with Gasteiger partial charge in [0.1, 0.15) is 5.82 Å². The van der Waals surface area contributed by atoms with Crippen molar-refractivity contribution in [2.75, 3.05) is 44.2 Å². The van der Waals surface area contributed by atoms with Crippen LogP contribution in [-0.4, -0.2) is 65.3 Å². The summed E-state index contributed by atoms with van der Waals surface area (Å²) >= 11 is 6.36. The average molecular weight is 556 g/mol. The minimum Gasteiger partial charge on any atom is -0.461 e. The third-order valence-electron chi connectivity index (χ3n) is 4.99. The minimum atomic E-state index is 0. The van der Waals surface area contributed by atoms with Crippen LogP contribution in [0.2, 0.25) is 5.02 Å². The summed E-state index contributed by atoms with van der Waals surface area (Å²) in [5.74, 6) is 2.96. The van der Waals surface area contributed by atoms with Gasteiger partial charge in [-0.2, -0.15) is 5.10 Å². The number of aliphatic imine (C=N–C) groups is 1. The Morgan fingerprint density at radius 2 is 2.00 bits per heavy atom. The van der Waals surface area contributed by atoms with E-state index in [-0.39, 0.29) is 24.0 Å². The summed E-state index contributed by atoms with van der Waals surface area (Å²) in [6, 6.07) is 11.7. The molecule has 2 N–H and O–H groups in total. The van der Waals surface area contributed by atoms with Gasteiger partial charge >= 0.3 is 0 Å². The number of furan rings is 1. The SMILES string of the molecule is CCNC(=NCCc1nc(-c2ccco2)n[nH]1)N1CCN(c2ccccc2Cl)CC1.I. The van der Waals surface area contributed by atoms with Crippen LogP contribution in [0.25, 0.3) is 11.6 Å². The predicted molar refractivity (Wildman–Crippen MR) is 134 cm³/mol. The molecule has 0 spiro atoms. The Kier molecular flexibility index (Phi) is 8.59. The van der Waals surface area contributed by atoms with E-state index in [1.807, 2.05) is 30.3 Å². The molecule has 1 fully saturated rings. The van der Waals surface area contributed by atoms with Gasteiger partial charge in [-0.05, 0) is 31.2 Å². The molecule has 10 heteroatoms. The second-order valence-corrected chi connectivity index (χ2v) is 7.40. The smallest absolute Gasteiger partial charge is 0.216 e. The van der Waals surface area contributed by atoms with Gasteiger partial charge in [-0.15, -0.1) is 24.0 Å². The zero-order chi connectivity index (χ0) is 20.8. The molecule has 0 atom stereocenters. The average Bonchev–Trinajstić information content (AvgIpc) is 3.46. The number of anilines is 1. The first kappa shape index (κ1) is 23.4. The standard InChI is InChI=1S/C21H26ClN7O.HI/c1-2-23-21(24-10-9-19-25-20(27-26-19)18-8-5-15-30-18)29-13-11-28(12-14-29)17-7-4-3-6-16(17)22;/h3-8,15H,2,9-14H2,1H3,(H,23,24)(H,25,26,27);1H. The Hall–Kier alpha value is -2.27. The molecule has 166 valence electrons. The van der Waals surface area contributed by atoms with Crippen LogP contribution >= 0.6 is 35.6 Å². The van der Waals surface area contributed by atoms with E-state index in [1.165, 1.54) is 0 Å². The molecular weight excluding hydrogens is 529 g/mol. The highest BCUT2D eigenvalue weighted by Crippen LogP contribution is 2.26. The molecule has 1 aliphatic rings. The molecule has 0 radical (unpaired) electrons. The van der Waals surface area contributed by atoms with Gasteiger partial charge in [0.05, 0.1) is 17.0 Å². The fourth-order valence-electron chi connectivity index (χ4n) is 3.48. The number of aromatic nitrogens is 3. The van der Waals surface area contributed by atoms with Crippen molar-refractivity contribution in [3.05, 3.63) is 53.5 Å². The van der Waals surface area contributed by atoms with Crippen molar-refractivity contribution >= 4 is 47.2 Å². The number of hydrogen-bond donors (Lipinski definition) is 2. The number of nitrogens with one attached hydrogen (secondary N) is 2. The molecule has 0 bridgehead atoms. The highest BCUT2D eigenvalue weighted by atomic mass is 127. The fraction of sp³-hybridized carbons (Fsp3) is 0.381. The molecule has 3 heterocycles. The second kappa shape index (κ2) is 11.4. The molecule has 3 aromatic rings. The summed E-state index contributed by atoms with van der Waals surface area (Å²) in [4.78, 5) is 13.9. The van der Waals surface area contributed by atoms with E-state index in [9.17, 15) is 0 Å². The molecule has 1 saturated heterocycles. The number of benzene rings is 1. The molecule has 1 aromatic carbocycles. The van der Waals surface area contributed by atoms with E-state index in [0.29, 0.717) is 24.6 Å². The largest absolute Gasteiger partial charge is 0.461 e. The number of guanidine groups is 1. The molecule has 0 saturated carbocycles. The zero-order valence-corrected chi connectivity index (χ0v) is 20.5. The third-order valence-corrected chi connectivity index (χ3v) is 5.31. The van der Waals surface area contributed by atoms with Gasteiger partial charge in [0.25, 0.3) is 0 Å². The number of rotatable bonds is 6. The quantitative estimate of drug-likeness (QED) is 0.274. The third kappa shape index (κ3) is 5.91. The molecule has 0 unspecified atom stereocenters. The monoisotopic (exact) mass is 555 g/mol. The van der Waals surface area contributed by atoms with E-state index in [1.54, 1.807) is 6.26 Å². The van der Waals surface area contributed by atoms with Gasteiger partial charge < -0.3 is 19.5 Å². The highest BCUT2D eigenvalue weighted by molar-refractivity contribution is 14.0. The van der Waals surface area contributed by atoms with Gasteiger partial charge in [0.15, 0.2) is 11.7 Å². The van der Waals surface area contributed by atoms with Gasteiger partial charge in [-0.3, -0.25) is 10.1 Å². The maximum Gasteiger partial charge on any atom is 0.216 e. The lowest BCUT2D eigenvalue weighted by molar-refractivity contribution is 0.372. The van der Waals surface area contributed by atoms with Crippen molar-refractivity contribution in [1.29, 1.82) is 0 Å². The maximum absolute atomic E-state index is 6.36. The van der Waals surface area contributed by atoms with Crippen LogP contribution in [0.1, 0.15) is 12.7 Å². The molecule has 8 nitrogen and oxygen atoms in total. The zero-order valence-electron chi connectivity index (χ0n) is 17.4. The topological polar surface area (TPSA) is 85.6 Å². The van der Waals surface area contributed by atoms with Gasteiger partial charge in [0, 0.05) is 45.7 Å². The maximum atomic E-state index is 6.36. The van der Waals surface area contributed by atoms with E-state index in [4.69, 9.17) is 21.0 Å². The number of nitrogens with zero attached hydrogens (tertiary/aromatic N) is 5. The number of para-hydroxylation sites is 1. The van der Waals surface area contributed by atoms with Crippen LogP contribution in [0.4, 0.5) is 5.69 Å². The molecule has 0 amide bonds. The van der Waals surface area contributed by atoms with Crippen LogP contribution in [0.3, 0.4) is 0 Å². The number of aromatic amines is 1. The van der Waals surface area contributed by atoms with E-state index >= 15 is 0 Å². The summed E-state index contributed by atoms with van der Waals surface area (Å²) in [5.41, 5.74) is 1.10. The summed E-state index contributed by atoms with van der Waals surface area (Å²) in [5, 5.41) is 11.4. The summed E-state index contributed by atoms with van der Waals surface area (Å²) in [6.07, 6.45) is 2.30. The van der Waals surface area contributed by atoms with Crippen molar-refractivity contribution in [3.63, 3.8) is 0 Å². The predicted octanol–water partition coefficient (Wildman–Crippen LogP) is 3.67. The molecule has 2 aromatic heterocycles. The van der Waals surface area contributed by atoms with E-state index < -0.39 is 0 Å². The Labute approximate surface area is 204 Å². The second-order valence-electron chi connectivity index (χ2n) is 6.99. The summed E-state index contributed by atoms with van der Waals surface area (Å²) in [7, 11) is 0. The molecular formula is C21H27ClIN7O. The van der Waals surface area contributed by atoms with Crippen molar-refractivity contribution in [2.24, 2.45) is 4.99 Å². The summed E-state index contributed by atoms with van der Waals surface area (Å²) in [6.45, 7) is 7.13. The van der Waals surface area contributed by atoms with Crippen molar-refractivity contribution < 1.29 is 4.42 Å². The van der Waals surface area contributed by atoms with Gasteiger partial charge in [-0.25, -0.2) is 4.98 Å². The molecule has 31 heavy (non-hydrogen) atoms. The Morgan fingerprint density at radius 3 is 2.71 bits per heavy atom. The first-order valence-corrected chi connectivity index (χ1v) is 10.6. The molecule has 4 rings (SSSR count). The lowest BCUT2D eigenvalue weighted by Gasteiger charge is -2.38. The van der Waals surface area contributed by atoms with Gasteiger partial charge in [-0.1, -0.05) is 23.7 Å². The normalized spacial score (nSPS) is 14.5. The lowest BCUT2D eigenvalue weighted by Crippen LogP contribution is -2.52. The first-order valence-electron chi connectivity index (χ1n) is 10.2. The number of H-pyrrole nitrogens is 1. The number of piperazine rings is 1. The number of halogens is 2. The van der Waals surface area contributed by atoms with Crippen molar-refractivity contribution in [3.8, 4) is 11.6 Å². The molecule has 0 aliphatic carbocycles. The van der Waals surface area contributed by atoms with Crippen LogP contribution < -0.4 is 10.2 Å². The van der Waals surface area contributed by atoms with Crippen molar-refractivity contribution in [1.82, 2.24) is 25.4 Å². The number of hydrogen-bond acceptors (Lipinski definition) is 5. The molecule has 1 aliphatic heterocycles.